The Balaban J connectivity index is 2.03. The minimum atomic E-state index is -0.957. The highest BCUT2D eigenvalue weighted by Crippen LogP contribution is 2.16. The van der Waals surface area contributed by atoms with Crippen LogP contribution in [-0.2, 0) is 19.6 Å². The van der Waals surface area contributed by atoms with Gasteiger partial charge in [0.05, 0.1) is 13.1 Å². The molecule has 0 saturated carbocycles. The van der Waals surface area contributed by atoms with Crippen molar-refractivity contribution in [3.05, 3.63) is 41.4 Å². The minimum Gasteiger partial charge on any atom is -0.478 e. The van der Waals surface area contributed by atoms with E-state index in [1.165, 1.54) is 0 Å². The molecular weight excluding hydrogens is 258 g/mol. The van der Waals surface area contributed by atoms with Crippen molar-refractivity contribution in [1.82, 2.24) is 14.5 Å². The maximum atomic E-state index is 11.0. The van der Waals surface area contributed by atoms with Crippen LogP contribution in [0, 0.1) is 6.92 Å². The topological polar surface area (TPSA) is 71.5 Å². The van der Waals surface area contributed by atoms with Gasteiger partial charge in [0.15, 0.2) is 0 Å². The number of aromatic carboxylic acids is 1. The minimum absolute atomic E-state index is 0.225. The van der Waals surface area contributed by atoms with Crippen LogP contribution in [0.3, 0.4) is 0 Å². The molecule has 0 amide bonds. The first-order valence-corrected chi connectivity index (χ1v) is 6.52. The van der Waals surface area contributed by atoms with Gasteiger partial charge in [-0.3, -0.25) is 4.90 Å². The van der Waals surface area contributed by atoms with Gasteiger partial charge in [0.1, 0.15) is 22.9 Å². The van der Waals surface area contributed by atoms with E-state index in [-0.39, 0.29) is 5.56 Å². The number of carboxylic acids is 1. The lowest BCUT2D eigenvalue weighted by atomic mass is 10.2. The van der Waals surface area contributed by atoms with Gasteiger partial charge in [-0.15, -0.1) is 0 Å². The molecule has 6 nitrogen and oxygen atoms in total. The predicted octanol–water partition coefficient (Wildman–Crippen LogP) is 2.13. The molecule has 0 saturated heterocycles. The summed E-state index contributed by atoms with van der Waals surface area (Å²) < 4.78 is 7.55. The normalized spacial score (nSPS) is 11.2. The third kappa shape index (κ3) is 3.08. The fourth-order valence-corrected chi connectivity index (χ4v) is 2.18. The number of hydrogen-bond acceptors (Lipinski definition) is 4. The van der Waals surface area contributed by atoms with Crippen LogP contribution in [0.5, 0.6) is 0 Å². The van der Waals surface area contributed by atoms with Gasteiger partial charge in [-0.25, -0.2) is 9.78 Å². The van der Waals surface area contributed by atoms with Crippen molar-refractivity contribution in [3.63, 3.8) is 0 Å². The molecule has 1 N–H and O–H groups in total. The SMILES string of the molecule is CCn1ccnc1CN(C)Cc1cc(C(=O)O)c(C)o1. The van der Waals surface area contributed by atoms with Crippen LogP contribution in [0.15, 0.2) is 22.9 Å². The van der Waals surface area contributed by atoms with Gasteiger partial charge >= 0.3 is 5.97 Å². The average molecular weight is 277 g/mol. The van der Waals surface area contributed by atoms with Crippen molar-refractivity contribution < 1.29 is 14.3 Å². The number of aryl methyl sites for hydroxylation is 2. The molecular formula is C14H19N3O3. The van der Waals surface area contributed by atoms with E-state index in [0.717, 1.165) is 12.4 Å². The largest absolute Gasteiger partial charge is 0.478 e. The van der Waals surface area contributed by atoms with Crippen LogP contribution in [0.25, 0.3) is 0 Å². The Hall–Kier alpha value is -2.08. The van der Waals surface area contributed by atoms with Gasteiger partial charge in [0.2, 0.25) is 0 Å². The van der Waals surface area contributed by atoms with Crippen LogP contribution in [-0.4, -0.2) is 32.6 Å². The number of hydrogen-bond donors (Lipinski definition) is 1. The van der Waals surface area contributed by atoms with Crippen LogP contribution >= 0.6 is 0 Å². The van der Waals surface area contributed by atoms with E-state index in [9.17, 15) is 4.79 Å². The van der Waals surface area contributed by atoms with Gasteiger partial charge in [-0.1, -0.05) is 0 Å². The van der Waals surface area contributed by atoms with Crippen LogP contribution in [0.1, 0.15) is 34.6 Å². The van der Waals surface area contributed by atoms with E-state index in [1.54, 1.807) is 19.2 Å². The van der Waals surface area contributed by atoms with E-state index in [4.69, 9.17) is 9.52 Å². The quantitative estimate of drug-likeness (QED) is 0.875. The number of aromatic nitrogens is 2. The Morgan fingerprint density at radius 3 is 2.85 bits per heavy atom. The molecule has 0 spiro atoms. The first-order valence-electron chi connectivity index (χ1n) is 6.52. The molecule has 20 heavy (non-hydrogen) atoms. The second-order valence-electron chi connectivity index (χ2n) is 4.79. The zero-order valence-corrected chi connectivity index (χ0v) is 12.0. The highest BCUT2D eigenvalue weighted by Gasteiger charge is 2.15. The molecule has 2 aromatic heterocycles. The summed E-state index contributed by atoms with van der Waals surface area (Å²) in [6.07, 6.45) is 3.73. The maximum absolute atomic E-state index is 11.0. The molecule has 0 radical (unpaired) electrons. The average Bonchev–Trinajstić information content (AvgIpc) is 2.95. The molecule has 2 rings (SSSR count). The number of imidazole rings is 1. The molecule has 0 atom stereocenters. The molecule has 0 aliphatic rings. The number of furan rings is 1. The third-order valence-corrected chi connectivity index (χ3v) is 3.18. The second kappa shape index (κ2) is 5.92. The van der Waals surface area contributed by atoms with Crippen LogP contribution in [0.4, 0.5) is 0 Å². The van der Waals surface area contributed by atoms with Crippen LogP contribution in [0.2, 0.25) is 0 Å². The summed E-state index contributed by atoms with van der Waals surface area (Å²) in [5.74, 6) is 1.12. The van der Waals surface area contributed by atoms with Gasteiger partial charge in [0.25, 0.3) is 0 Å². The Labute approximate surface area is 117 Å². The summed E-state index contributed by atoms with van der Waals surface area (Å²) >= 11 is 0. The number of carbonyl (C=O) groups is 1. The Kier molecular flexibility index (Phi) is 4.24. The number of nitrogens with zero attached hydrogens (tertiary/aromatic N) is 3. The number of carboxylic acid groups (broad SMARTS) is 1. The van der Waals surface area contributed by atoms with Crippen molar-refractivity contribution in [2.24, 2.45) is 0 Å². The molecule has 0 fully saturated rings. The summed E-state index contributed by atoms with van der Waals surface area (Å²) in [6, 6.07) is 1.58. The van der Waals surface area contributed by atoms with Crippen molar-refractivity contribution in [2.75, 3.05) is 7.05 Å². The molecule has 0 bridgehead atoms. The smallest absolute Gasteiger partial charge is 0.339 e. The van der Waals surface area contributed by atoms with Gasteiger partial charge in [-0.05, 0) is 27.0 Å². The molecule has 2 heterocycles. The number of rotatable bonds is 6. The zero-order valence-electron chi connectivity index (χ0n) is 12.0. The van der Waals surface area contributed by atoms with Gasteiger partial charge < -0.3 is 14.1 Å². The standard InChI is InChI=1S/C14H19N3O3/c1-4-17-6-5-15-13(17)9-16(3)8-11-7-12(14(18)19)10(2)20-11/h5-7H,4,8-9H2,1-3H3,(H,18,19). The summed E-state index contributed by atoms with van der Waals surface area (Å²) in [5, 5.41) is 9.00. The van der Waals surface area contributed by atoms with E-state index in [2.05, 4.69) is 16.5 Å². The molecule has 2 aromatic rings. The molecule has 0 aromatic carbocycles. The molecule has 108 valence electrons. The van der Waals surface area contributed by atoms with Crippen molar-refractivity contribution >= 4 is 5.97 Å². The highest BCUT2D eigenvalue weighted by atomic mass is 16.4. The fourth-order valence-electron chi connectivity index (χ4n) is 2.18. The molecule has 0 aliphatic carbocycles. The monoisotopic (exact) mass is 277 g/mol. The lowest BCUT2D eigenvalue weighted by Gasteiger charge is -2.15. The first kappa shape index (κ1) is 14.3. The van der Waals surface area contributed by atoms with E-state index in [0.29, 0.717) is 24.6 Å². The Morgan fingerprint density at radius 1 is 1.50 bits per heavy atom. The van der Waals surface area contributed by atoms with Crippen LogP contribution < -0.4 is 0 Å². The third-order valence-electron chi connectivity index (χ3n) is 3.18. The zero-order chi connectivity index (χ0) is 14.7. The molecule has 0 aliphatic heterocycles. The Morgan fingerprint density at radius 2 is 2.25 bits per heavy atom. The van der Waals surface area contributed by atoms with Crippen molar-refractivity contribution in [2.45, 2.75) is 33.5 Å². The van der Waals surface area contributed by atoms with Crippen molar-refractivity contribution in [1.29, 1.82) is 0 Å². The summed E-state index contributed by atoms with van der Waals surface area (Å²) in [5.41, 5.74) is 0.225. The summed E-state index contributed by atoms with van der Waals surface area (Å²) in [7, 11) is 1.95. The maximum Gasteiger partial charge on any atom is 0.339 e. The highest BCUT2D eigenvalue weighted by molar-refractivity contribution is 5.88. The van der Waals surface area contributed by atoms with E-state index < -0.39 is 5.97 Å². The van der Waals surface area contributed by atoms with E-state index >= 15 is 0 Å². The van der Waals surface area contributed by atoms with Gasteiger partial charge in [0, 0.05) is 18.9 Å². The Bertz CT molecular complexity index is 601. The summed E-state index contributed by atoms with van der Waals surface area (Å²) in [4.78, 5) is 17.3. The lowest BCUT2D eigenvalue weighted by Crippen LogP contribution is -2.19. The fraction of sp³-hybridized carbons (Fsp3) is 0.429. The van der Waals surface area contributed by atoms with Crippen molar-refractivity contribution in [3.8, 4) is 0 Å². The first-order chi connectivity index (χ1) is 9.51. The lowest BCUT2D eigenvalue weighted by molar-refractivity contribution is 0.0695. The molecule has 6 heteroatoms. The molecule has 0 unspecified atom stereocenters. The summed E-state index contributed by atoms with van der Waals surface area (Å²) in [6.45, 7) is 5.84. The second-order valence-corrected chi connectivity index (χ2v) is 4.79. The van der Waals surface area contributed by atoms with E-state index in [1.807, 2.05) is 18.1 Å². The van der Waals surface area contributed by atoms with Gasteiger partial charge in [-0.2, -0.15) is 0 Å². The predicted molar refractivity (Wildman–Crippen MR) is 73.5 cm³/mol.